The molecule has 2 aliphatic rings. The van der Waals surface area contributed by atoms with Crippen molar-refractivity contribution in [1.29, 1.82) is 0 Å². The lowest BCUT2D eigenvalue weighted by atomic mass is 10.1. The summed E-state index contributed by atoms with van der Waals surface area (Å²) in [5.41, 5.74) is 0. The van der Waals surface area contributed by atoms with E-state index < -0.39 is 0 Å². The standard InChI is InChI=1S/C11H22N2O2/c1-10(9-15-11-6-12-7-11)8-13-2-4-14-5-3-13/h10-12H,2-9H2,1H3. The van der Waals surface area contributed by atoms with Gasteiger partial charge in [-0.15, -0.1) is 0 Å². The van der Waals surface area contributed by atoms with Gasteiger partial charge < -0.3 is 14.8 Å². The molecule has 0 aliphatic carbocycles. The van der Waals surface area contributed by atoms with Gasteiger partial charge in [0.15, 0.2) is 0 Å². The van der Waals surface area contributed by atoms with Crippen LogP contribution in [0.1, 0.15) is 6.92 Å². The van der Waals surface area contributed by atoms with E-state index in [2.05, 4.69) is 17.1 Å². The van der Waals surface area contributed by atoms with Gasteiger partial charge in [0, 0.05) is 32.7 Å². The van der Waals surface area contributed by atoms with Crippen molar-refractivity contribution in [3.63, 3.8) is 0 Å². The third-order valence-corrected chi connectivity index (χ3v) is 3.03. The lowest BCUT2D eigenvalue weighted by Gasteiger charge is -2.31. The van der Waals surface area contributed by atoms with Crippen molar-refractivity contribution >= 4 is 0 Å². The van der Waals surface area contributed by atoms with Gasteiger partial charge in [-0.1, -0.05) is 6.92 Å². The molecule has 2 heterocycles. The maximum Gasteiger partial charge on any atom is 0.0823 e. The van der Waals surface area contributed by atoms with Gasteiger partial charge in [-0.2, -0.15) is 0 Å². The van der Waals surface area contributed by atoms with E-state index in [1.807, 2.05) is 0 Å². The molecule has 0 saturated carbocycles. The van der Waals surface area contributed by atoms with E-state index >= 15 is 0 Å². The highest BCUT2D eigenvalue weighted by atomic mass is 16.5. The maximum absolute atomic E-state index is 5.76. The van der Waals surface area contributed by atoms with Crippen molar-refractivity contribution in [2.75, 3.05) is 52.5 Å². The fourth-order valence-electron chi connectivity index (χ4n) is 1.96. The maximum atomic E-state index is 5.76. The summed E-state index contributed by atoms with van der Waals surface area (Å²) in [5, 5.41) is 3.21. The second-order valence-corrected chi connectivity index (χ2v) is 4.63. The minimum absolute atomic E-state index is 0.470. The molecule has 2 rings (SSSR count). The molecule has 4 heteroatoms. The molecule has 4 nitrogen and oxygen atoms in total. The Morgan fingerprint density at radius 3 is 2.73 bits per heavy atom. The molecule has 1 unspecified atom stereocenters. The second-order valence-electron chi connectivity index (χ2n) is 4.63. The van der Waals surface area contributed by atoms with Crippen LogP contribution in [0.15, 0.2) is 0 Å². The van der Waals surface area contributed by atoms with Crippen LogP contribution in [0.5, 0.6) is 0 Å². The highest BCUT2D eigenvalue weighted by Gasteiger charge is 2.19. The molecule has 0 spiro atoms. The first-order chi connectivity index (χ1) is 7.34. The monoisotopic (exact) mass is 214 g/mol. The quantitative estimate of drug-likeness (QED) is 0.695. The Labute approximate surface area is 91.9 Å². The molecule has 1 N–H and O–H groups in total. The van der Waals surface area contributed by atoms with E-state index in [0.29, 0.717) is 12.0 Å². The molecule has 1 atom stereocenters. The van der Waals surface area contributed by atoms with E-state index in [4.69, 9.17) is 9.47 Å². The molecular formula is C11H22N2O2. The molecule has 15 heavy (non-hydrogen) atoms. The number of hydrogen-bond donors (Lipinski definition) is 1. The Hall–Kier alpha value is -0.160. The first kappa shape index (κ1) is 11.3. The topological polar surface area (TPSA) is 33.7 Å². The molecule has 0 aromatic heterocycles. The Balaban J connectivity index is 1.56. The summed E-state index contributed by atoms with van der Waals surface area (Å²) in [6, 6.07) is 0. The van der Waals surface area contributed by atoms with Crippen molar-refractivity contribution in [2.24, 2.45) is 5.92 Å². The Morgan fingerprint density at radius 2 is 2.13 bits per heavy atom. The molecular weight excluding hydrogens is 192 g/mol. The van der Waals surface area contributed by atoms with E-state index in [1.54, 1.807) is 0 Å². The van der Waals surface area contributed by atoms with Crippen LogP contribution in [0.25, 0.3) is 0 Å². The van der Waals surface area contributed by atoms with Crippen LogP contribution < -0.4 is 5.32 Å². The van der Waals surface area contributed by atoms with E-state index in [0.717, 1.165) is 52.5 Å². The van der Waals surface area contributed by atoms with E-state index in [9.17, 15) is 0 Å². The molecule has 2 saturated heterocycles. The summed E-state index contributed by atoms with van der Waals surface area (Å²) < 4.78 is 11.1. The summed E-state index contributed by atoms with van der Waals surface area (Å²) in [4.78, 5) is 2.47. The van der Waals surface area contributed by atoms with Crippen molar-refractivity contribution in [1.82, 2.24) is 10.2 Å². The van der Waals surface area contributed by atoms with Crippen LogP contribution in [0.2, 0.25) is 0 Å². The predicted molar refractivity (Wildman–Crippen MR) is 59.0 cm³/mol. The minimum Gasteiger partial charge on any atom is -0.379 e. The van der Waals surface area contributed by atoms with Crippen LogP contribution >= 0.6 is 0 Å². The Kier molecular flexibility index (Phi) is 4.38. The molecule has 2 aliphatic heterocycles. The van der Waals surface area contributed by atoms with Crippen LogP contribution in [-0.2, 0) is 9.47 Å². The van der Waals surface area contributed by atoms with Gasteiger partial charge in [0.25, 0.3) is 0 Å². The smallest absolute Gasteiger partial charge is 0.0823 e. The molecule has 88 valence electrons. The lowest BCUT2D eigenvalue weighted by molar-refractivity contribution is -0.0146. The predicted octanol–water partition coefficient (Wildman–Crippen LogP) is -0.0569. The summed E-state index contributed by atoms with van der Waals surface area (Å²) in [6.07, 6.45) is 0.470. The van der Waals surface area contributed by atoms with Crippen LogP contribution in [0.3, 0.4) is 0 Å². The number of nitrogens with zero attached hydrogens (tertiary/aromatic N) is 1. The lowest BCUT2D eigenvalue weighted by Crippen LogP contribution is -2.49. The molecule has 0 radical (unpaired) electrons. The van der Waals surface area contributed by atoms with Gasteiger partial charge in [0.1, 0.15) is 0 Å². The van der Waals surface area contributed by atoms with Gasteiger partial charge in [-0.3, -0.25) is 4.90 Å². The summed E-state index contributed by atoms with van der Waals surface area (Å²) in [6.45, 7) is 10.3. The fraction of sp³-hybridized carbons (Fsp3) is 1.00. The van der Waals surface area contributed by atoms with Gasteiger partial charge in [0.05, 0.1) is 25.9 Å². The summed E-state index contributed by atoms with van der Waals surface area (Å²) in [7, 11) is 0. The zero-order valence-electron chi connectivity index (χ0n) is 9.58. The number of rotatable bonds is 5. The van der Waals surface area contributed by atoms with Crippen molar-refractivity contribution in [3.05, 3.63) is 0 Å². The fourth-order valence-corrected chi connectivity index (χ4v) is 1.96. The summed E-state index contributed by atoms with van der Waals surface area (Å²) in [5.74, 6) is 0.628. The molecule has 2 fully saturated rings. The zero-order chi connectivity index (χ0) is 10.5. The first-order valence-corrected chi connectivity index (χ1v) is 5.97. The van der Waals surface area contributed by atoms with Gasteiger partial charge >= 0.3 is 0 Å². The highest BCUT2D eigenvalue weighted by Crippen LogP contribution is 2.06. The van der Waals surface area contributed by atoms with E-state index in [1.165, 1.54) is 0 Å². The number of ether oxygens (including phenoxy) is 2. The van der Waals surface area contributed by atoms with Crippen molar-refractivity contribution < 1.29 is 9.47 Å². The van der Waals surface area contributed by atoms with E-state index in [-0.39, 0.29) is 0 Å². The molecule has 0 aromatic rings. The van der Waals surface area contributed by atoms with Gasteiger partial charge in [-0.05, 0) is 5.92 Å². The van der Waals surface area contributed by atoms with Crippen molar-refractivity contribution in [3.8, 4) is 0 Å². The molecule has 0 amide bonds. The Bertz CT molecular complexity index is 179. The first-order valence-electron chi connectivity index (χ1n) is 5.97. The second kappa shape index (κ2) is 5.80. The van der Waals surface area contributed by atoms with Crippen LogP contribution in [-0.4, -0.2) is 63.5 Å². The van der Waals surface area contributed by atoms with Gasteiger partial charge in [0.2, 0.25) is 0 Å². The number of morpholine rings is 1. The molecule has 0 aromatic carbocycles. The number of nitrogens with one attached hydrogen (secondary N) is 1. The van der Waals surface area contributed by atoms with Crippen LogP contribution in [0, 0.1) is 5.92 Å². The average Bonchev–Trinajstić information content (AvgIpc) is 2.17. The average molecular weight is 214 g/mol. The summed E-state index contributed by atoms with van der Waals surface area (Å²) >= 11 is 0. The SMILES string of the molecule is CC(COC1CNC1)CN1CCOCC1. The normalized spacial score (nSPS) is 26.2. The molecule has 0 bridgehead atoms. The van der Waals surface area contributed by atoms with Gasteiger partial charge in [-0.25, -0.2) is 0 Å². The minimum atomic E-state index is 0.470. The zero-order valence-corrected chi connectivity index (χ0v) is 9.58. The van der Waals surface area contributed by atoms with Crippen LogP contribution in [0.4, 0.5) is 0 Å². The largest absolute Gasteiger partial charge is 0.379 e. The van der Waals surface area contributed by atoms with Crippen molar-refractivity contribution in [2.45, 2.75) is 13.0 Å². The Morgan fingerprint density at radius 1 is 1.40 bits per heavy atom. The highest BCUT2D eigenvalue weighted by molar-refractivity contribution is 4.75. The third kappa shape index (κ3) is 3.72. The third-order valence-electron chi connectivity index (χ3n) is 3.03. The number of hydrogen-bond acceptors (Lipinski definition) is 4.